The molecular formula is C40H38F2O14S. The maximum Gasteiger partial charge on any atom is 0.306 e. The Kier molecular flexibility index (Phi) is 13.2. The van der Waals surface area contributed by atoms with Gasteiger partial charge in [-0.2, -0.15) is 0 Å². The monoisotopic (exact) mass is 812 g/mol. The van der Waals surface area contributed by atoms with Crippen molar-refractivity contribution in [3.8, 4) is 40.1 Å². The molecule has 6 atom stereocenters. The van der Waals surface area contributed by atoms with Gasteiger partial charge >= 0.3 is 5.97 Å². The van der Waals surface area contributed by atoms with Crippen molar-refractivity contribution in [3.63, 3.8) is 0 Å². The third-order valence-corrected chi connectivity index (χ3v) is 10.1. The Labute approximate surface area is 327 Å². The van der Waals surface area contributed by atoms with E-state index in [1.807, 2.05) is 0 Å². The molecule has 0 bridgehead atoms. The number of ether oxygens (including phenoxy) is 4. The first-order valence-corrected chi connectivity index (χ1v) is 18.5. The zero-order valence-electron chi connectivity index (χ0n) is 29.9. The average Bonchev–Trinajstić information content (AvgIpc) is 3.31. The van der Waals surface area contributed by atoms with Gasteiger partial charge in [0.15, 0.2) is 29.7 Å². The number of rotatable bonds is 14. The fourth-order valence-electron chi connectivity index (χ4n) is 6.36. The molecule has 14 nitrogen and oxygen atoms in total. The number of hydrogen-bond donors (Lipinski definition) is 7. The largest absolute Gasteiger partial charge is 0.508 e. The Balaban J connectivity index is 1.37. The van der Waals surface area contributed by atoms with E-state index < -0.39 is 99.9 Å². The minimum atomic E-state index is -1.79. The van der Waals surface area contributed by atoms with Crippen LogP contribution in [0.2, 0.25) is 0 Å². The molecule has 4 aromatic carbocycles. The lowest BCUT2D eigenvalue weighted by Gasteiger charge is -2.29. The van der Waals surface area contributed by atoms with Crippen LogP contribution < -0.4 is 10.2 Å². The molecule has 5 aromatic rings. The SMILES string of the molecule is O=C(CCc1ccc(F)cc1)O[C@@H]1C[C@@H](OC(O)CCc2ccc(F)cc2)C(SO)[C@H](CO)O[C@H]1Oc1c(-c2ccc(O)c(O)c2)oc2cc(O)cc(O)c2c1=O. The van der Waals surface area contributed by atoms with Crippen molar-refractivity contribution in [1.82, 2.24) is 0 Å². The molecule has 1 aromatic heterocycles. The van der Waals surface area contributed by atoms with Crippen LogP contribution in [0.15, 0.2) is 88.1 Å². The van der Waals surface area contributed by atoms with E-state index in [0.29, 0.717) is 11.1 Å². The zero-order chi connectivity index (χ0) is 40.8. The fraction of sp³-hybridized carbons (Fsp3) is 0.300. The number of phenolic OH excluding ortho intramolecular Hbond substituents is 4. The van der Waals surface area contributed by atoms with E-state index in [2.05, 4.69) is 0 Å². The molecule has 57 heavy (non-hydrogen) atoms. The normalized spacial score (nSPS) is 20.2. The van der Waals surface area contributed by atoms with Crippen molar-refractivity contribution >= 4 is 29.0 Å². The molecule has 17 heteroatoms. The lowest BCUT2D eigenvalue weighted by Crippen LogP contribution is -2.42. The number of fused-ring (bicyclic) bond motifs is 1. The number of aliphatic hydroxyl groups is 2. The van der Waals surface area contributed by atoms with Gasteiger partial charge in [0.1, 0.15) is 40.2 Å². The summed E-state index contributed by atoms with van der Waals surface area (Å²) >= 11 is 0.229. The molecule has 1 fully saturated rings. The minimum absolute atomic E-state index is 0.0116. The highest BCUT2D eigenvalue weighted by atomic mass is 32.2. The predicted octanol–water partition coefficient (Wildman–Crippen LogP) is 5.50. The zero-order valence-corrected chi connectivity index (χ0v) is 30.7. The van der Waals surface area contributed by atoms with Crippen LogP contribution in [-0.2, 0) is 31.8 Å². The van der Waals surface area contributed by atoms with Gasteiger partial charge in [-0.05, 0) is 78.5 Å². The van der Waals surface area contributed by atoms with Crippen LogP contribution in [0.1, 0.15) is 30.4 Å². The summed E-state index contributed by atoms with van der Waals surface area (Å²) in [5.41, 5.74) is -0.0349. The predicted molar refractivity (Wildman–Crippen MR) is 200 cm³/mol. The van der Waals surface area contributed by atoms with Crippen molar-refractivity contribution in [1.29, 1.82) is 0 Å². The maximum absolute atomic E-state index is 14.2. The van der Waals surface area contributed by atoms with E-state index in [1.54, 1.807) is 12.1 Å². The molecule has 7 N–H and O–H groups in total. The van der Waals surface area contributed by atoms with Crippen LogP contribution in [0, 0.1) is 11.6 Å². The summed E-state index contributed by atoms with van der Waals surface area (Å²) in [6.07, 6.45) is -7.53. The van der Waals surface area contributed by atoms with Gasteiger partial charge in [0.2, 0.25) is 17.5 Å². The van der Waals surface area contributed by atoms with Crippen molar-refractivity contribution in [2.24, 2.45) is 0 Å². The molecule has 1 aliphatic heterocycles. The highest BCUT2D eigenvalue weighted by Crippen LogP contribution is 2.40. The third-order valence-electron chi connectivity index (χ3n) is 9.24. The van der Waals surface area contributed by atoms with E-state index >= 15 is 0 Å². The van der Waals surface area contributed by atoms with Gasteiger partial charge in [0.25, 0.3) is 0 Å². The third kappa shape index (κ3) is 9.94. The average molecular weight is 813 g/mol. The number of benzene rings is 4. The number of halogens is 2. The first-order chi connectivity index (χ1) is 27.3. The molecular weight excluding hydrogens is 774 g/mol. The summed E-state index contributed by atoms with van der Waals surface area (Å²) in [4.78, 5) is 27.6. The number of aromatic hydroxyl groups is 4. The molecule has 0 amide bonds. The van der Waals surface area contributed by atoms with E-state index in [9.17, 15) is 53.6 Å². The number of carbonyl (C=O) groups is 1. The lowest BCUT2D eigenvalue weighted by atomic mass is 10.1. The summed E-state index contributed by atoms with van der Waals surface area (Å²) in [5.74, 6) is -5.04. The summed E-state index contributed by atoms with van der Waals surface area (Å²) in [7, 11) is 0. The lowest BCUT2D eigenvalue weighted by molar-refractivity contribution is -0.194. The summed E-state index contributed by atoms with van der Waals surface area (Å²) in [6, 6.07) is 16.4. The topological polar surface area (TPSA) is 226 Å². The van der Waals surface area contributed by atoms with Crippen molar-refractivity contribution < 1.29 is 72.1 Å². The van der Waals surface area contributed by atoms with Gasteiger partial charge < -0.3 is 58.6 Å². The van der Waals surface area contributed by atoms with E-state index in [0.717, 1.165) is 24.3 Å². The number of aliphatic hydroxyl groups excluding tert-OH is 2. The molecule has 2 heterocycles. The highest BCUT2D eigenvalue weighted by Gasteiger charge is 2.45. The molecule has 0 radical (unpaired) electrons. The Bertz CT molecular complexity index is 2230. The Morgan fingerprint density at radius 1 is 0.860 bits per heavy atom. The first kappa shape index (κ1) is 41.2. The fourth-order valence-corrected chi connectivity index (χ4v) is 6.95. The number of hydrogen-bond acceptors (Lipinski definition) is 15. The summed E-state index contributed by atoms with van der Waals surface area (Å²) in [6.45, 7) is -0.778. The van der Waals surface area contributed by atoms with Gasteiger partial charge in [0, 0.05) is 37.0 Å². The number of aryl methyl sites for hydroxylation is 2. The standard InChI is InChI=1S/C40H38F2O14S/c41-23-8-1-20(2-9-23)5-13-33(48)52-30-18-31(53-34(49)14-6-21-3-10-24(42)11-4-21)40(55-32(19-43)39(30)57-51)56-38-36(50)35-28(47)16-25(44)17-29(35)54-37(38)22-7-12-26(45)27(46)15-22/h1-4,7-12,15-17,30-33,39-40,43-48,51H,5-6,13-14,18-19H2/t30-,31-,32+,33?,39?,40+/m1/s1. The quantitative estimate of drug-likeness (QED) is 0.0318. The van der Waals surface area contributed by atoms with Crippen LogP contribution in [0.25, 0.3) is 22.3 Å². The Hall–Kier alpha value is -5.43. The molecule has 0 aliphatic carbocycles. The summed E-state index contributed by atoms with van der Waals surface area (Å²) in [5, 5.41) is 61.0. The van der Waals surface area contributed by atoms with E-state index in [-0.39, 0.29) is 61.1 Å². The number of phenols is 4. The highest BCUT2D eigenvalue weighted by molar-refractivity contribution is 7.94. The minimum Gasteiger partial charge on any atom is -0.508 e. The van der Waals surface area contributed by atoms with Crippen LogP contribution >= 0.6 is 12.0 Å². The van der Waals surface area contributed by atoms with Crippen LogP contribution in [0.3, 0.4) is 0 Å². The maximum atomic E-state index is 14.2. The van der Waals surface area contributed by atoms with E-state index in [1.165, 1.54) is 42.5 Å². The second-order valence-corrected chi connectivity index (χ2v) is 14.0. The molecule has 2 unspecified atom stereocenters. The Morgan fingerprint density at radius 2 is 1.53 bits per heavy atom. The van der Waals surface area contributed by atoms with Gasteiger partial charge in [-0.25, -0.2) is 8.78 Å². The van der Waals surface area contributed by atoms with Crippen LogP contribution in [0.5, 0.6) is 28.7 Å². The van der Waals surface area contributed by atoms with Crippen molar-refractivity contribution in [2.75, 3.05) is 6.61 Å². The number of carbonyl (C=O) groups excluding carboxylic acids is 1. The molecule has 0 spiro atoms. The second-order valence-electron chi connectivity index (χ2n) is 13.2. The van der Waals surface area contributed by atoms with Crippen molar-refractivity contribution in [3.05, 3.63) is 112 Å². The Morgan fingerprint density at radius 3 is 2.16 bits per heavy atom. The van der Waals surface area contributed by atoms with Gasteiger partial charge in [-0.3, -0.25) is 9.59 Å². The smallest absolute Gasteiger partial charge is 0.306 e. The van der Waals surface area contributed by atoms with Gasteiger partial charge in [0.05, 0.1) is 18.0 Å². The van der Waals surface area contributed by atoms with Gasteiger partial charge in [-0.15, -0.1) is 0 Å². The van der Waals surface area contributed by atoms with Gasteiger partial charge in [-0.1, -0.05) is 24.3 Å². The second kappa shape index (κ2) is 18.2. The molecule has 6 rings (SSSR count). The molecule has 1 saturated heterocycles. The van der Waals surface area contributed by atoms with Crippen LogP contribution in [-0.4, -0.2) is 83.9 Å². The molecule has 302 valence electrons. The number of esters is 1. The molecule has 1 aliphatic rings. The van der Waals surface area contributed by atoms with E-state index in [4.69, 9.17) is 23.4 Å². The first-order valence-electron chi connectivity index (χ1n) is 17.6. The van der Waals surface area contributed by atoms with Crippen molar-refractivity contribution in [2.45, 2.75) is 68.2 Å². The molecule has 0 saturated carbocycles. The van der Waals surface area contributed by atoms with Crippen LogP contribution in [0.4, 0.5) is 8.78 Å². The summed E-state index contributed by atoms with van der Waals surface area (Å²) < 4.78 is 67.5.